The van der Waals surface area contributed by atoms with Crippen LogP contribution in [0.4, 0.5) is 0 Å². The number of nitrogens with one attached hydrogen (secondary N) is 1. The van der Waals surface area contributed by atoms with Crippen LogP contribution in [0.3, 0.4) is 0 Å². The molecule has 1 amide bonds. The van der Waals surface area contributed by atoms with Crippen LogP contribution in [0.1, 0.15) is 54.6 Å². The van der Waals surface area contributed by atoms with Crippen molar-refractivity contribution in [3.63, 3.8) is 0 Å². The minimum Gasteiger partial charge on any atom is -0.349 e. The summed E-state index contributed by atoms with van der Waals surface area (Å²) in [6, 6.07) is 16.2. The van der Waals surface area contributed by atoms with Gasteiger partial charge in [0, 0.05) is 24.6 Å². The number of piperidine rings is 1. The second-order valence-corrected chi connectivity index (χ2v) is 10.4. The Balaban J connectivity index is 1.39. The molecule has 7 heteroatoms. The Morgan fingerprint density at radius 2 is 1.65 bits per heavy atom. The first-order valence-corrected chi connectivity index (χ1v) is 12.3. The number of Topliss-reactive ketones (excluding diaryl/α,β-unsaturated/α-hetero) is 1. The summed E-state index contributed by atoms with van der Waals surface area (Å²) in [7, 11) is -3.69. The van der Waals surface area contributed by atoms with Crippen LogP contribution in [0.2, 0.25) is 0 Å². The molecule has 1 heterocycles. The summed E-state index contributed by atoms with van der Waals surface area (Å²) in [6.07, 6.45) is 3.22. The molecule has 1 aliphatic carbocycles. The van der Waals surface area contributed by atoms with Crippen molar-refractivity contribution < 1.29 is 18.0 Å². The third kappa shape index (κ3) is 4.88. The van der Waals surface area contributed by atoms with Crippen molar-refractivity contribution in [2.24, 2.45) is 11.8 Å². The van der Waals surface area contributed by atoms with Gasteiger partial charge in [0.25, 0.3) is 0 Å². The number of carbonyl (C=O) groups is 2. The Morgan fingerprint density at radius 1 is 0.968 bits per heavy atom. The van der Waals surface area contributed by atoms with Crippen molar-refractivity contribution >= 4 is 21.7 Å². The minimum absolute atomic E-state index is 0.0105. The summed E-state index contributed by atoms with van der Waals surface area (Å²) >= 11 is 0. The summed E-state index contributed by atoms with van der Waals surface area (Å²) in [4.78, 5) is 24.7. The maximum absolute atomic E-state index is 13.0. The van der Waals surface area contributed by atoms with E-state index in [1.807, 2.05) is 30.3 Å². The van der Waals surface area contributed by atoms with Crippen LogP contribution in [0.25, 0.3) is 0 Å². The zero-order valence-corrected chi connectivity index (χ0v) is 18.5. The van der Waals surface area contributed by atoms with Crippen molar-refractivity contribution in [1.82, 2.24) is 9.62 Å². The van der Waals surface area contributed by atoms with Crippen molar-refractivity contribution in [2.45, 2.75) is 43.5 Å². The third-order valence-electron chi connectivity index (χ3n) is 6.25. The normalized spacial score (nSPS) is 19.0. The molecule has 31 heavy (non-hydrogen) atoms. The topological polar surface area (TPSA) is 83.6 Å². The lowest BCUT2D eigenvalue weighted by atomic mass is 9.95. The lowest BCUT2D eigenvalue weighted by molar-refractivity contribution is -0.127. The Morgan fingerprint density at radius 3 is 2.26 bits per heavy atom. The molecule has 4 rings (SSSR count). The van der Waals surface area contributed by atoms with Crippen molar-refractivity contribution in [3.05, 3.63) is 65.7 Å². The summed E-state index contributed by atoms with van der Waals surface area (Å²) < 4.78 is 27.4. The summed E-state index contributed by atoms with van der Waals surface area (Å²) in [6.45, 7) is 2.01. The molecule has 2 aliphatic rings. The van der Waals surface area contributed by atoms with E-state index < -0.39 is 10.0 Å². The van der Waals surface area contributed by atoms with Crippen molar-refractivity contribution in [3.8, 4) is 0 Å². The van der Waals surface area contributed by atoms with E-state index in [9.17, 15) is 18.0 Å². The van der Waals surface area contributed by atoms with Crippen LogP contribution in [0.5, 0.6) is 0 Å². The highest BCUT2D eigenvalue weighted by molar-refractivity contribution is 7.89. The van der Waals surface area contributed by atoms with E-state index in [-0.39, 0.29) is 28.5 Å². The molecule has 0 spiro atoms. The quantitative estimate of drug-likeness (QED) is 0.668. The van der Waals surface area contributed by atoms with E-state index in [2.05, 4.69) is 5.32 Å². The van der Waals surface area contributed by atoms with E-state index in [1.165, 1.54) is 23.4 Å². The molecule has 2 aromatic carbocycles. The lowest BCUT2D eigenvalue weighted by Gasteiger charge is -2.31. The standard InChI is InChI=1S/C24H28N2O4S/c1-17(27)21-8-5-9-22(16-21)31(29,30)26-14-12-20(13-15-26)24(28)25-23(19-10-11-19)18-6-3-2-4-7-18/h2-9,16,19-20,23H,10-15H2,1H3,(H,25,28). The van der Waals surface area contributed by atoms with Gasteiger partial charge in [-0.1, -0.05) is 42.5 Å². The summed E-state index contributed by atoms with van der Waals surface area (Å²) in [5.41, 5.74) is 1.51. The van der Waals surface area contributed by atoms with Crippen LogP contribution < -0.4 is 5.32 Å². The average Bonchev–Trinajstić information content (AvgIpc) is 3.63. The molecule has 1 N–H and O–H groups in total. The molecule has 1 unspecified atom stereocenters. The maximum atomic E-state index is 13.0. The van der Waals surface area contributed by atoms with Gasteiger partial charge in [0.2, 0.25) is 15.9 Å². The number of amides is 1. The largest absolute Gasteiger partial charge is 0.349 e. The monoisotopic (exact) mass is 440 g/mol. The number of hydrogen-bond donors (Lipinski definition) is 1. The van der Waals surface area contributed by atoms with E-state index in [0.29, 0.717) is 37.4 Å². The molecule has 2 aromatic rings. The SMILES string of the molecule is CC(=O)c1cccc(S(=O)(=O)N2CCC(C(=O)NC(c3ccccc3)C3CC3)CC2)c1. The van der Waals surface area contributed by atoms with E-state index in [0.717, 1.165) is 18.4 Å². The lowest BCUT2D eigenvalue weighted by Crippen LogP contribution is -2.44. The number of benzene rings is 2. The molecule has 1 saturated carbocycles. The number of hydrogen-bond acceptors (Lipinski definition) is 4. The number of sulfonamides is 1. The predicted octanol–water partition coefficient (Wildman–Crippen LogP) is 3.56. The van der Waals surface area contributed by atoms with Gasteiger partial charge in [0.15, 0.2) is 5.78 Å². The highest BCUT2D eigenvalue weighted by atomic mass is 32.2. The Kier molecular flexibility index (Phi) is 6.25. The van der Waals surface area contributed by atoms with Crippen LogP contribution in [-0.4, -0.2) is 37.5 Å². The Labute approximate surface area is 183 Å². The van der Waals surface area contributed by atoms with Gasteiger partial charge in [-0.15, -0.1) is 0 Å². The average molecular weight is 441 g/mol. The Bertz CT molecular complexity index is 1060. The maximum Gasteiger partial charge on any atom is 0.243 e. The first-order valence-electron chi connectivity index (χ1n) is 10.8. The Hall–Kier alpha value is -2.51. The van der Waals surface area contributed by atoms with Crippen molar-refractivity contribution in [1.29, 1.82) is 0 Å². The van der Waals surface area contributed by atoms with Crippen molar-refractivity contribution in [2.75, 3.05) is 13.1 Å². The van der Waals surface area contributed by atoms with Gasteiger partial charge >= 0.3 is 0 Å². The molecule has 6 nitrogen and oxygen atoms in total. The molecule has 164 valence electrons. The van der Waals surface area contributed by atoms with Gasteiger partial charge < -0.3 is 5.32 Å². The van der Waals surface area contributed by atoms with Gasteiger partial charge in [-0.3, -0.25) is 9.59 Å². The summed E-state index contributed by atoms with van der Waals surface area (Å²) in [5, 5.41) is 3.23. The van der Waals surface area contributed by atoms with E-state index in [1.54, 1.807) is 12.1 Å². The number of carbonyl (C=O) groups excluding carboxylic acids is 2. The van der Waals surface area contributed by atoms with Gasteiger partial charge in [-0.05, 0) is 56.2 Å². The van der Waals surface area contributed by atoms with Gasteiger partial charge in [-0.25, -0.2) is 8.42 Å². The fourth-order valence-electron chi connectivity index (χ4n) is 4.22. The van der Waals surface area contributed by atoms with E-state index in [4.69, 9.17) is 0 Å². The molecule has 1 aliphatic heterocycles. The zero-order valence-electron chi connectivity index (χ0n) is 17.7. The number of ketones is 1. The van der Waals surface area contributed by atoms with E-state index >= 15 is 0 Å². The molecular weight excluding hydrogens is 412 g/mol. The molecular formula is C24H28N2O4S. The molecule has 1 atom stereocenters. The number of rotatable bonds is 7. The molecule has 0 bridgehead atoms. The van der Waals surface area contributed by atoms with Crippen LogP contribution in [0, 0.1) is 11.8 Å². The fourth-order valence-corrected chi connectivity index (χ4v) is 5.73. The second-order valence-electron chi connectivity index (χ2n) is 8.50. The number of nitrogens with zero attached hydrogens (tertiary/aromatic N) is 1. The molecule has 1 saturated heterocycles. The third-order valence-corrected chi connectivity index (χ3v) is 8.15. The molecule has 0 radical (unpaired) electrons. The smallest absolute Gasteiger partial charge is 0.243 e. The van der Waals surface area contributed by atoms with Gasteiger partial charge in [-0.2, -0.15) is 4.31 Å². The van der Waals surface area contributed by atoms with Gasteiger partial charge in [0.1, 0.15) is 0 Å². The minimum atomic E-state index is -3.69. The highest BCUT2D eigenvalue weighted by Crippen LogP contribution is 2.41. The predicted molar refractivity (Wildman–Crippen MR) is 118 cm³/mol. The van der Waals surface area contributed by atoms with Crippen LogP contribution in [-0.2, 0) is 14.8 Å². The summed E-state index contributed by atoms with van der Waals surface area (Å²) in [5.74, 6) is 0.132. The second kappa shape index (κ2) is 8.93. The molecule has 2 fully saturated rings. The highest BCUT2D eigenvalue weighted by Gasteiger charge is 2.37. The molecule has 0 aromatic heterocycles. The van der Waals surface area contributed by atoms with Crippen LogP contribution in [0.15, 0.2) is 59.5 Å². The van der Waals surface area contributed by atoms with Gasteiger partial charge in [0.05, 0.1) is 10.9 Å². The first-order chi connectivity index (χ1) is 14.9. The first kappa shape index (κ1) is 21.7. The zero-order chi connectivity index (χ0) is 22.0. The fraction of sp³-hybridized carbons (Fsp3) is 0.417. The van der Waals surface area contributed by atoms with Crippen LogP contribution >= 0.6 is 0 Å².